The van der Waals surface area contributed by atoms with Gasteiger partial charge in [0.15, 0.2) is 5.11 Å². The van der Waals surface area contributed by atoms with E-state index >= 15 is 0 Å². The smallest absolute Gasteiger partial charge is 0.281 e. The molecule has 0 bridgehead atoms. The van der Waals surface area contributed by atoms with Crippen molar-refractivity contribution in [3.63, 3.8) is 0 Å². The minimum Gasteiger partial charge on any atom is -0.457 e. The van der Waals surface area contributed by atoms with Gasteiger partial charge in [0.2, 0.25) is 0 Å². The highest BCUT2D eigenvalue weighted by molar-refractivity contribution is 7.80. The number of amides is 1. The lowest BCUT2D eigenvalue weighted by atomic mass is 10.2. The number of halogens is 1. The molecule has 0 atom stereocenters. The van der Waals surface area contributed by atoms with Crippen LogP contribution in [0, 0.1) is 6.92 Å². The van der Waals surface area contributed by atoms with E-state index in [0.29, 0.717) is 27.4 Å². The number of carbonyl (C=O) groups excluding carboxylic acids is 1. The van der Waals surface area contributed by atoms with Crippen molar-refractivity contribution in [1.29, 1.82) is 0 Å². The number of benzene rings is 2. The molecule has 27 heavy (non-hydrogen) atoms. The number of anilines is 1. The average Bonchev–Trinajstić information content (AvgIpc) is 3.20. The van der Waals surface area contributed by atoms with Gasteiger partial charge in [0.05, 0.1) is 10.7 Å². The summed E-state index contributed by atoms with van der Waals surface area (Å²) >= 11 is 11.6. The Morgan fingerprint density at radius 1 is 1.11 bits per heavy atom. The van der Waals surface area contributed by atoms with E-state index in [0.717, 1.165) is 16.8 Å². The SMILES string of the molecule is Cc1cccc(N2C(=O)C(=Cc3ccc(-c4ccccc4Cl)o3)NC2=S)c1. The molecule has 0 unspecified atom stereocenters. The zero-order chi connectivity index (χ0) is 19.0. The third kappa shape index (κ3) is 3.39. The lowest BCUT2D eigenvalue weighted by Crippen LogP contribution is -2.30. The third-order valence-corrected chi connectivity index (χ3v) is 4.80. The van der Waals surface area contributed by atoms with Crippen LogP contribution in [-0.2, 0) is 4.79 Å². The Kier molecular flexibility index (Phi) is 4.56. The summed E-state index contributed by atoms with van der Waals surface area (Å²) in [5.41, 5.74) is 2.95. The molecule has 1 N–H and O–H groups in total. The van der Waals surface area contributed by atoms with Gasteiger partial charge in [0.25, 0.3) is 5.91 Å². The van der Waals surface area contributed by atoms with Gasteiger partial charge in [-0.2, -0.15) is 0 Å². The van der Waals surface area contributed by atoms with E-state index in [4.69, 9.17) is 28.2 Å². The molecule has 6 heteroatoms. The summed E-state index contributed by atoms with van der Waals surface area (Å²) in [4.78, 5) is 14.3. The van der Waals surface area contributed by atoms with Crippen molar-refractivity contribution in [2.75, 3.05) is 4.90 Å². The van der Waals surface area contributed by atoms with Gasteiger partial charge in [0, 0.05) is 11.6 Å². The number of rotatable bonds is 3. The molecule has 1 amide bonds. The Morgan fingerprint density at radius 2 is 1.93 bits per heavy atom. The lowest BCUT2D eigenvalue weighted by molar-refractivity contribution is -0.113. The van der Waals surface area contributed by atoms with Gasteiger partial charge in [-0.25, -0.2) is 0 Å². The first-order valence-corrected chi connectivity index (χ1v) is 9.10. The zero-order valence-corrected chi connectivity index (χ0v) is 16.0. The van der Waals surface area contributed by atoms with Gasteiger partial charge in [-0.1, -0.05) is 35.9 Å². The number of carbonyl (C=O) groups is 1. The molecule has 1 saturated heterocycles. The van der Waals surface area contributed by atoms with Crippen LogP contribution in [0.2, 0.25) is 5.02 Å². The summed E-state index contributed by atoms with van der Waals surface area (Å²) in [5, 5.41) is 3.91. The molecule has 0 radical (unpaired) electrons. The lowest BCUT2D eigenvalue weighted by Gasteiger charge is -2.14. The maximum Gasteiger partial charge on any atom is 0.281 e. The predicted molar refractivity (Wildman–Crippen MR) is 112 cm³/mol. The Balaban J connectivity index is 1.63. The quantitative estimate of drug-likeness (QED) is 0.491. The van der Waals surface area contributed by atoms with Crippen LogP contribution >= 0.6 is 23.8 Å². The molecule has 1 aliphatic rings. The molecule has 4 nitrogen and oxygen atoms in total. The van der Waals surface area contributed by atoms with E-state index < -0.39 is 0 Å². The molecule has 1 aliphatic heterocycles. The van der Waals surface area contributed by atoms with E-state index in [1.807, 2.05) is 55.5 Å². The minimum absolute atomic E-state index is 0.221. The highest BCUT2D eigenvalue weighted by Gasteiger charge is 2.32. The van der Waals surface area contributed by atoms with Crippen molar-refractivity contribution < 1.29 is 9.21 Å². The summed E-state index contributed by atoms with van der Waals surface area (Å²) in [6, 6.07) is 18.7. The monoisotopic (exact) mass is 394 g/mol. The van der Waals surface area contributed by atoms with E-state index in [1.54, 1.807) is 18.2 Å². The van der Waals surface area contributed by atoms with E-state index in [2.05, 4.69) is 5.32 Å². The molecule has 1 aromatic heterocycles. The second-order valence-corrected chi connectivity index (χ2v) is 6.94. The van der Waals surface area contributed by atoms with Crippen LogP contribution in [0.3, 0.4) is 0 Å². The Labute approximate surface area is 167 Å². The van der Waals surface area contributed by atoms with Crippen LogP contribution in [0.4, 0.5) is 5.69 Å². The normalized spacial score (nSPS) is 15.5. The van der Waals surface area contributed by atoms with Crippen LogP contribution in [0.5, 0.6) is 0 Å². The van der Waals surface area contributed by atoms with E-state index in [-0.39, 0.29) is 5.91 Å². The van der Waals surface area contributed by atoms with Crippen molar-refractivity contribution in [2.45, 2.75) is 6.92 Å². The number of nitrogens with one attached hydrogen (secondary N) is 1. The molecule has 0 saturated carbocycles. The maximum atomic E-state index is 12.8. The Morgan fingerprint density at radius 3 is 2.70 bits per heavy atom. The van der Waals surface area contributed by atoms with Crippen LogP contribution in [0.25, 0.3) is 17.4 Å². The van der Waals surface area contributed by atoms with Crippen LogP contribution in [0.15, 0.2) is 70.8 Å². The number of nitrogens with zero attached hydrogens (tertiary/aromatic N) is 1. The Hall–Kier alpha value is -2.89. The standard InChI is InChI=1S/C21H15ClN2O2S/c1-13-5-4-6-14(11-13)24-20(25)18(23-21(24)27)12-15-9-10-19(26-15)16-7-2-3-8-17(16)22/h2-12H,1H3,(H,23,27). The first-order chi connectivity index (χ1) is 13.0. The molecule has 2 heterocycles. The third-order valence-electron chi connectivity index (χ3n) is 4.19. The van der Waals surface area contributed by atoms with Gasteiger partial charge in [-0.05, 0) is 61.1 Å². The van der Waals surface area contributed by atoms with E-state index in [1.165, 1.54) is 4.90 Å². The summed E-state index contributed by atoms with van der Waals surface area (Å²) in [7, 11) is 0. The summed E-state index contributed by atoms with van der Waals surface area (Å²) in [6.45, 7) is 1.97. The fourth-order valence-electron chi connectivity index (χ4n) is 2.92. The second kappa shape index (κ2) is 7.02. The highest BCUT2D eigenvalue weighted by atomic mass is 35.5. The largest absolute Gasteiger partial charge is 0.457 e. The van der Waals surface area contributed by atoms with Gasteiger partial charge in [-0.15, -0.1) is 0 Å². The fourth-order valence-corrected chi connectivity index (χ4v) is 3.44. The number of hydrogen-bond donors (Lipinski definition) is 1. The first-order valence-electron chi connectivity index (χ1n) is 8.31. The zero-order valence-electron chi connectivity index (χ0n) is 14.4. The van der Waals surface area contributed by atoms with Gasteiger partial charge >= 0.3 is 0 Å². The minimum atomic E-state index is -0.221. The number of hydrogen-bond acceptors (Lipinski definition) is 3. The van der Waals surface area contributed by atoms with Crippen LogP contribution in [-0.4, -0.2) is 11.0 Å². The molecular weight excluding hydrogens is 380 g/mol. The van der Waals surface area contributed by atoms with Crippen molar-refractivity contribution >= 4 is 46.6 Å². The highest BCUT2D eigenvalue weighted by Crippen LogP contribution is 2.30. The van der Waals surface area contributed by atoms with Crippen LogP contribution in [0.1, 0.15) is 11.3 Å². The molecule has 0 spiro atoms. The van der Waals surface area contributed by atoms with Gasteiger partial charge < -0.3 is 9.73 Å². The van der Waals surface area contributed by atoms with E-state index in [9.17, 15) is 4.79 Å². The molecule has 3 aromatic rings. The van der Waals surface area contributed by atoms with Crippen molar-refractivity contribution in [3.8, 4) is 11.3 Å². The molecule has 0 aliphatic carbocycles. The second-order valence-electron chi connectivity index (χ2n) is 6.15. The molecule has 134 valence electrons. The predicted octanol–water partition coefficient (Wildman–Crippen LogP) is 5.17. The topological polar surface area (TPSA) is 45.5 Å². The van der Waals surface area contributed by atoms with Gasteiger partial charge in [0.1, 0.15) is 17.2 Å². The molecular formula is C21H15ClN2O2S. The molecule has 2 aromatic carbocycles. The summed E-state index contributed by atoms with van der Waals surface area (Å²) in [6.07, 6.45) is 1.64. The van der Waals surface area contributed by atoms with Gasteiger partial charge in [-0.3, -0.25) is 9.69 Å². The van der Waals surface area contributed by atoms with Crippen LogP contribution < -0.4 is 10.2 Å². The number of furan rings is 1. The fraction of sp³-hybridized carbons (Fsp3) is 0.0476. The number of aryl methyl sites for hydroxylation is 1. The molecule has 4 rings (SSSR count). The van der Waals surface area contributed by atoms with Crippen molar-refractivity contribution in [3.05, 3.63) is 82.7 Å². The van der Waals surface area contributed by atoms with Crippen molar-refractivity contribution in [1.82, 2.24) is 5.32 Å². The molecule has 1 fully saturated rings. The number of thiocarbonyl (C=S) groups is 1. The summed E-state index contributed by atoms with van der Waals surface area (Å²) < 4.78 is 5.84. The average molecular weight is 395 g/mol. The first kappa shape index (κ1) is 17.5. The summed E-state index contributed by atoms with van der Waals surface area (Å²) in [5.74, 6) is 0.951. The maximum absolute atomic E-state index is 12.8. The van der Waals surface area contributed by atoms with Crippen molar-refractivity contribution in [2.24, 2.45) is 0 Å². The Bertz CT molecular complexity index is 1090.